The van der Waals surface area contributed by atoms with Crippen molar-refractivity contribution in [1.29, 1.82) is 0 Å². The number of amides is 1. The number of carbonyl (C=O) groups excluding carboxylic acids is 1. The molecule has 1 atom stereocenters. The minimum Gasteiger partial charge on any atom is -0.376 e. The Balaban J connectivity index is 1.99. The van der Waals surface area contributed by atoms with Gasteiger partial charge in [-0.1, -0.05) is 24.6 Å². The van der Waals surface area contributed by atoms with Crippen molar-refractivity contribution in [3.05, 3.63) is 34.9 Å². The van der Waals surface area contributed by atoms with E-state index in [0.717, 1.165) is 32.4 Å². The first-order valence-electron chi connectivity index (χ1n) is 6.87. The van der Waals surface area contributed by atoms with E-state index in [-0.39, 0.29) is 12.0 Å². The van der Waals surface area contributed by atoms with Crippen LogP contribution in [0.1, 0.15) is 36.5 Å². The highest BCUT2D eigenvalue weighted by molar-refractivity contribution is 6.30. The fourth-order valence-electron chi connectivity index (χ4n) is 2.35. The van der Waals surface area contributed by atoms with Crippen molar-refractivity contribution in [3.8, 4) is 0 Å². The van der Waals surface area contributed by atoms with E-state index < -0.39 is 0 Å². The fraction of sp³-hybridized carbons (Fsp3) is 0.533. The summed E-state index contributed by atoms with van der Waals surface area (Å²) in [6.07, 6.45) is 3.23. The number of carbonyl (C=O) groups is 1. The van der Waals surface area contributed by atoms with Crippen LogP contribution in [0.3, 0.4) is 0 Å². The molecule has 1 aromatic carbocycles. The normalized spacial score (nSPS) is 19.5. The monoisotopic (exact) mass is 281 g/mol. The van der Waals surface area contributed by atoms with Crippen LogP contribution in [0.15, 0.2) is 24.3 Å². The summed E-state index contributed by atoms with van der Waals surface area (Å²) in [6.45, 7) is 4.35. The Morgan fingerprint density at radius 2 is 2.37 bits per heavy atom. The quantitative estimate of drug-likeness (QED) is 0.847. The summed E-state index contributed by atoms with van der Waals surface area (Å²) in [5.41, 5.74) is 0.656. The molecular formula is C15H20ClNO2. The minimum absolute atomic E-state index is 0.0484. The average molecular weight is 282 g/mol. The van der Waals surface area contributed by atoms with Crippen LogP contribution in [-0.2, 0) is 4.74 Å². The lowest BCUT2D eigenvalue weighted by atomic mass is 10.1. The van der Waals surface area contributed by atoms with E-state index in [1.54, 1.807) is 12.1 Å². The number of rotatable bonds is 4. The van der Waals surface area contributed by atoms with Gasteiger partial charge in [0, 0.05) is 30.3 Å². The highest BCUT2D eigenvalue weighted by Crippen LogP contribution is 2.18. The molecule has 1 aromatic rings. The molecule has 2 rings (SSSR count). The summed E-state index contributed by atoms with van der Waals surface area (Å²) in [4.78, 5) is 14.3. The van der Waals surface area contributed by atoms with Crippen LogP contribution >= 0.6 is 11.6 Å². The molecule has 1 aliphatic rings. The number of benzene rings is 1. The highest BCUT2D eigenvalue weighted by atomic mass is 35.5. The van der Waals surface area contributed by atoms with E-state index in [4.69, 9.17) is 16.3 Å². The molecule has 0 spiro atoms. The van der Waals surface area contributed by atoms with E-state index >= 15 is 0 Å². The van der Waals surface area contributed by atoms with Crippen LogP contribution in [0.4, 0.5) is 0 Å². The number of hydrogen-bond acceptors (Lipinski definition) is 2. The first-order valence-corrected chi connectivity index (χ1v) is 7.25. The van der Waals surface area contributed by atoms with Gasteiger partial charge in [-0.15, -0.1) is 0 Å². The Hall–Kier alpha value is -1.06. The predicted octanol–water partition coefficient (Wildman–Crippen LogP) is 3.37. The number of ether oxygens (including phenoxy) is 1. The molecule has 3 nitrogen and oxygen atoms in total. The van der Waals surface area contributed by atoms with Crippen LogP contribution in [0, 0.1) is 0 Å². The SMILES string of the molecule is CCCOC1CCCN(C(=O)c2cccc(Cl)c2)C1. The third-order valence-electron chi connectivity index (χ3n) is 3.29. The van der Waals surface area contributed by atoms with Crippen molar-refractivity contribution in [3.63, 3.8) is 0 Å². The van der Waals surface area contributed by atoms with Gasteiger partial charge in [-0.2, -0.15) is 0 Å². The second kappa shape index (κ2) is 6.92. The molecule has 1 heterocycles. The summed E-state index contributed by atoms with van der Waals surface area (Å²) in [7, 11) is 0. The van der Waals surface area contributed by atoms with Crippen LogP contribution in [0.2, 0.25) is 5.02 Å². The zero-order valence-electron chi connectivity index (χ0n) is 11.3. The lowest BCUT2D eigenvalue weighted by Crippen LogP contribution is -2.43. The average Bonchev–Trinajstić information content (AvgIpc) is 2.44. The molecule has 4 heteroatoms. The van der Waals surface area contributed by atoms with Crippen molar-refractivity contribution in [2.24, 2.45) is 0 Å². The van der Waals surface area contributed by atoms with Gasteiger partial charge in [0.25, 0.3) is 5.91 Å². The zero-order chi connectivity index (χ0) is 13.7. The third kappa shape index (κ3) is 3.95. The van der Waals surface area contributed by atoms with Crippen molar-refractivity contribution in [1.82, 2.24) is 4.90 Å². The van der Waals surface area contributed by atoms with E-state index in [9.17, 15) is 4.79 Å². The molecule has 1 aliphatic heterocycles. The molecule has 0 aliphatic carbocycles. The molecule has 1 saturated heterocycles. The van der Waals surface area contributed by atoms with Gasteiger partial charge in [0.1, 0.15) is 0 Å². The Labute approximate surface area is 119 Å². The van der Waals surface area contributed by atoms with Crippen LogP contribution in [0.5, 0.6) is 0 Å². The maximum absolute atomic E-state index is 12.4. The molecule has 0 bridgehead atoms. The van der Waals surface area contributed by atoms with E-state index in [1.165, 1.54) is 0 Å². The van der Waals surface area contributed by atoms with Crippen molar-refractivity contribution < 1.29 is 9.53 Å². The van der Waals surface area contributed by atoms with Gasteiger partial charge in [-0.25, -0.2) is 0 Å². The summed E-state index contributed by atoms with van der Waals surface area (Å²) in [5.74, 6) is 0.0484. The lowest BCUT2D eigenvalue weighted by molar-refractivity contribution is 0.00211. The maximum atomic E-state index is 12.4. The van der Waals surface area contributed by atoms with Gasteiger partial charge in [0.2, 0.25) is 0 Å². The molecule has 104 valence electrons. The first kappa shape index (κ1) is 14.4. The van der Waals surface area contributed by atoms with Crippen molar-refractivity contribution in [2.75, 3.05) is 19.7 Å². The molecule has 0 saturated carbocycles. The van der Waals surface area contributed by atoms with Crippen molar-refractivity contribution in [2.45, 2.75) is 32.3 Å². The second-order valence-corrected chi connectivity index (χ2v) is 5.33. The van der Waals surface area contributed by atoms with E-state index in [1.807, 2.05) is 17.0 Å². The molecule has 0 aromatic heterocycles. The standard InChI is InChI=1S/C15H20ClNO2/c1-2-9-19-14-7-4-8-17(11-14)15(18)12-5-3-6-13(16)10-12/h3,5-6,10,14H,2,4,7-9,11H2,1H3. The van der Waals surface area contributed by atoms with Gasteiger partial charge in [0.05, 0.1) is 6.10 Å². The number of nitrogens with zero attached hydrogens (tertiary/aromatic N) is 1. The van der Waals surface area contributed by atoms with Crippen molar-refractivity contribution >= 4 is 17.5 Å². The Bertz CT molecular complexity index is 436. The zero-order valence-corrected chi connectivity index (χ0v) is 12.0. The van der Waals surface area contributed by atoms with E-state index in [2.05, 4.69) is 6.92 Å². The third-order valence-corrected chi connectivity index (χ3v) is 3.53. The first-order chi connectivity index (χ1) is 9.20. The molecule has 0 radical (unpaired) electrons. The largest absolute Gasteiger partial charge is 0.376 e. The Kier molecular flexibility index (Phi) is 5.23. The number of piperidine rings is 1. The van der Waals surface area contributed by atoms with Gasteiger partial charge in [-0.05, 0) is 37.5 Å². The van der Waals surface area contributed by atoms with Gasteiger partial charge in [-0.3, -0.25) is 4.79 Å². The van der Waals surface area contributed by atoms with Crippen LogP contribution < -0.4 is 0 Å². The van der Waals surface area contributed by atoms with Gasteiger partial charge in [0.15, 0.2) is 0 Å². The smallest absolute Gasteiger partial charge is 0.253 e. The highest BCUT2D eigenvalue weighted by Gasteiger charge is 2.24. The minimum atomic E-state index is 0.0484. The lowest BCUT2D eigenvalue weighted by Gasteiger charge is -2.32. The molecule has 1 fully saturated rings. The molecule has 1 amide bonds. The van der Waals surface area contributed by atoms with Gasteiger partial charge >= 0.3 is 0 Å². The maximum Gasteiger partial charge on any atom is 0.253 e. The Morgan fingerprint density at radius 3 is 3.11 bits per heavy atom. The fourth-order valence-corrected chi connectivity index (χ4v) is 2.54. The number of hydrogen-bond donors (Lipinski definition) is 0. The van der Waals surface area contributed by atoms with E-state index in [0.29, 0.717) is 17.1 Å². The molecular weight excluding hydrogens is 262 g/mol. The topological polar surface area (TPSA) is 29.5 Å². The van der Waals surface area contributed by atoms with Crippen LogP contribution in [-0.4, -0.2) is 36.6 Å². The second-order valence-electron chi connectivity index (χ2n) is 4.90. The summed E-state index contributed by atoms with van der Waals surface area (Å²) < 4.78 is 5.75. The number of likely N-dealkylation sites (tertiary alicyclic amines) is 1. The van der Waals surface area contributed by atoms with Crippen LogP contribution in [0.25, 0.3) is 0 Å². The van der Waals surface area contributed by atoms with Gasteiger partial charge < -0.3 is 9.64 Å². The summed E-state index contributed by atoms with van der Waals surface area (Å²) >= 11 is 5.93. The molecule has 19 heavy (non-hydrogen) atoms. The number of halogens is 1. The molecule has 1 unspecified atom stereocenters. The summed E-state index contributed by atoms with van der Waals surface area (Å²) in [6, 6.07) is 7.12. The predicted molar refractivity (Wildman–Crippen MR) is 76.6 cm³/mol. The Morgan fingerprint density at radius 1 is 1.53 bits per heavy atom. The summed E-state index contributed by atoms with van der Waals surface area (Å²) in [5, 5.41) is 0.599. The molecule has 0 N–H and O–H groups in total.